The van der Waals surface area contributed by atoms with Crippen molar-refractivity contribution in [3.63, 3.8) is 0 Å². The van der Waals surface area contributed by atoms with Gasteiger partial charge in [-0.05, 0) is 37.3 Å². The van der Waals surface area contributed by atoms with Crippen molar-refractivity contribution in [2.45, 2.75) is 25.4 Å². The van der Waals surface area contributed by atoms with Crippen molar-refractivity contribution in [2.75, 3.05) is 25.0 Å². The fourth-order valence-electron chi connectivity index (χ4n) is 4.07. The number of carbonyl (C=O) groups is 2. The maximum Gasteiger partial charge on any atom is 0.255 e. The SMILES string of the molecule is Cc1ccc2c(c1)C(=O)NC1(CCN(C(=O)c3ccc(F)c(F)c3)CC1)N2C. The standard InChI is InChI=1S/C21H21F2N3O2/c1-13-3-6-18-15(11-13)19(27)24-21(25(18)2)7-9-26(10-8-21)20(28)14-4-5-16(22)17(23)12-14/h3-6,11-12H,7-10H2,1-2H3,(H,24,27). The van der Waals surface area contributed by atoms with Crippen LogP contribution in [0.1, 0.15) is 39.1 Å². The number of amides is 2. The van der Waals surface area contributed by atoms with E-state index in [4.69, 9.17) is 0 Å². The minimum Gasteiger partial charge on any atom is -0.351 e. The topological polar surface area (TPSA) is 52.7 Å². The fraction of sp³-hybridized carbons (Fsp3) is 0.333. The van der Waals surface area contributed by atoms with Crippen molar-refractivity contribution >= 4 is 17.5 Å². The number of carbonyl (C=O) groups excluding carboxylic acids is 2. The number of nitrogens with zero attached hydrogens (tertiary/aromatic N) is 2. The van der Waals surface area contributed by atoms with Gasteiger partial charge in [-0.1, -0.05) is 11.6 Å². The maximum atomic E-state index is 13.5. The molecule has 1 spiro atoms. The second-order valence-electron chi connectivity index (χ2n) is 7.49. The Labute approximate surface area is 161 Å². The molecule has 0 unspecified atom stereocenters. The first-order valence-corrected chi connectivity index (χ1v) is 9.22. The molecule has 0 aliphatic carbocycles. The highest BCUT2D eigenvalue weighted by Crippen LogP contribution is 2.36. The molecule has 5 nitrogen and oxygen atoms in total. The van der Waals surface area contributed by atoms with Gasteiger partial charge in [-0.3, -0.25) is 9.59 Å². The number of anilines is 1. The summed E-state index contributed by atoms with van der Waals surface area (Å²) in [6.07, 6.45) is 1.08. The molecule has 2 amide bonds. The Balaban J connectivity index is 1.53. The van der Waals surface area contributed by atoms with Gasteiger partial charge in [0.2, 0.25) is 0 Å². The van der Waals surface area contributed by atoms with Crippen molar-refractivity contribution < 1.29 is 18.4 Å². The number of nitrogens with one attached hydrogen (secondary N) is 1. The van der Waals surface area contributed by atoms with Crippen LogP contribution in [0.2, 0.25) is 0 Å². The normalized spacial score (nSPS) is 18.1. The molecule has 146 valence electrons. The van der Waals surface area contributed by atoms with E-state index in [1.54, 1.807) is 4.90 Å². The summed E-state index contributed by atoms with van der Waals surface area (Å²) in [6, 6.07) is 8.97. The molecule has 1 saturated heterocycles. The molecule has 0 radical (unpaired) electrons. The van der Waals surface area contributed by atoms with Crippen molar-refractivity contribution in [2.24, 2.45) is 0 Å². The number of likely N-dealkylation sites (tertiary alicyclic amines) is 1. The van der Waals surface area contributed by atoms with Gasteiger partial charge >= 0.3 is 0 Å². The molecule has 1 N–H and O–H groups in total. The number of hydrogen-bond acceptors (Lipinski definition) is 3. The molecule has 0 saturated carbocycles. The zero-order valence-electron chi connectivity index (χ0n) is 15.8. The highest BCUT2D eigenvalue weighted by molar-refractivity contribution is 6.02. The first-order valence-electron chi connectivity index (χ1n) is 9.22. The number of rotatable bonds is 1. The van der Waals surface area contributed by atoms with Crippen LogP contribution in [0.4, 0.5) is 14.5 Å². The Kier molecular flexibility index (Phi) is 4.33. The second kappa shape index (κ2) is 6.58. The van der Waals surface area contributed by atoms with Gasteiger partial charge in [-0.15, -0.1) is 0 Å². The molecule has 2 aliphatic rings. The third-order valence-electron chi connectivity index (χ3n) is 5.79. The van der Waals surface area contributed by atoms with Crippen molar-refractivity contribution in [1.82, 2.24) is 10.2 Å². The molecular weight excluding hydrogens is 364 g/mol. The average molecular weight is 385 g/mol. The molecule has 2 aliphatic heterocycles. The summed E-state index contributed by atoms with van der Waals surface area (Å²) >= 11 is 0. The Morgan fingerprint density at radius 3 is 2.46 bits per heavy atom. The molecule has 2 aromatic rings. The van der Waals surface area contributed by atoms with Gasteiger partial charge < -0.3 is 15.1 Å². The van der Waals surface area contributed by atoms with E-state index in [0.29, 0.717) is 31.5 Å². The quantitative estimate of drug-likeness (QED) is 0.821. The fourth-order valence-corrected chi connectivity index (χ4v) is 4.07. The van der Waals surface area contributed by atoms with Gasteiger partial charge in [-0.25, -0.2) is 8.78 Å². The van der Waals surface area contributed by atoms with Crippen LogP contribution in [0.3, 0.4) is 0 Å². The van der Waals surface area contributed by atoms with Crippen LogP contribution >= 0.6 is 0 Å². The van der Waals surface area contributed by atoms with Gasteiger partial charge in [0.1, 0.15) is 5.66 Å². The molecule has 4 rings (SSSR count). The lowest BCUT2D eigenvalue weighted by Crippen LogP contribution is -2.67. The molecule has 2 aromatic carbocycles. The summed E-state index contributed by atoms with van der Waals surface area (Å²) in [5.41, 5.74) is 2.09. The van der Waals surface area contributed by atoms with Gasteiger partial charge in [0.25, 0.3) is 11.8 Å². The van der Waals surface area contributed by atoms with E-state index < -0.39 is 17.3 Å². The van der Waals surface area contributed by atoms with Crippen LogP contribution < -0.4 is 10.2 Å². The van der Waals surface area contributed by atoms with E-state index >= 15 is 0 Å². The molecule has 28 heavy (non-hydrogen) atoms. The van der Waals surface area contributed by atoms with E-state index in [9.17, 15) is 18.4 Å². The maximum absolute atomic E-state index is 13.5. The number of aryl methyl sites for hydroxylation is 1. The smallest absolute Gasteiger partial charge is 0.255 e. The highest BCUT2D eigenvalue weighted by Gasteiger charge is 2.44. The number of benzene rings is 2. The molecular formula is C21H21F2N3O2. The predicted octanol–water partition coefficient (Wildman–Crippen LogP) is 3.09. The zero-order chi connectivity index (χ0) is 20.1. The summed E-state index contributed by atoms with van der Waals surface area (Å²) in [5.74, 6) is -2.47. The van der Waals surface area contributed by atoms with Crippen LogP contribution in [0.15, 0.2) is 36.4 Å². The van der Waals surface area contributed by atoms with Crippen molar-refractivity contribution in [3.05, 3.63) is 64.7 Å². The van der Waals surface area contributed by atoms with E-state index in [-0.39, 0.29) is 17.4 Å². The van der Waals surface area contributed by atoms with Crippen LogP contribution in [0, 0.1) is 18.6 Å². The largest absolute Gasteiger partial charge is 0.351 e. The predicted molar refractivity (Wildman–Crippen MR) is 101 cm³/mol. The number of hydrogen-bond donors (Lipinski definition) is 1. The van der Waals surface area contributed by atoms with Gasteiger partial charge in [0, 0.05) is 38.5 Å². The summed E-state index contributed by atoms with van der Waals surface area (Å²) in [5, 5.41) is 3.12. The number of fused-ring (bicyclic) bond motifs is 1. The van der Waals surface area contributed by atoms with Gasteiger partial charge in [0.05, 0.1) is 11.3 Å². The monoisotopic (exact) mass is 385 g/mol. The number of piperidine rings is 1. The van der Waals surface area contributed by atoms with E-state index in [1.165, 1.54) is 6.07 Å². The average Bonchev–Trinajstić information content (AvgIpc) is 2.68. The lowest BCUT2D eigenvalue weighted by atomic mass is 9.90. The second-order valence-corrected chi connectivity index (χ2v) is 7.49. The minimum absolute atomic E-state index is 0.114. The van der Waals surface area contributed by atoms with Crippen LogP contribution in [-0.4, -0.2) is 42.5 Å². The van der Waals surface area contributed by atoms with Crippen LogP contribution in [0.25, 0.3) is 0 Å². The summed E-state index contributed by atoms with van der Waals surface area (Å²) < 4.78 is 26.6. The third-order valence-corrected chi connectivity index (χ3v) is 5.79. The van der Waals surface area contributed by atoms with Crippen LogP contribution in [0.5, 0.6) is 0 Å². The van der Waals surface area contributed by atoms with Gasteiger partial charge in [-0.2, -0.15) is 0 Å². The Hall–Kier alpha value is -2.96. The Bertz CT molecular complexity index is 968. The minimum atomic E-state index is -1.04. The Morgan fingerprint density at radius 2 is 1.79 bits per heavy atom. The molecule has 0 bridgehead atoms. The lowest BCUT2D eigenvalue weighted by molar-refractivity contribution is 0.0608. The van der Waals surface area contributed by atoms with Crippen LogP contribution in [-0.2, 0) is 0 Å². The zero-order valence-corrected chi connectivity index (χ0v) is 15.8. The summed E-state index contributed by atoms with van der Waals surface area (Å²) in [7, 11) is 1.94. The Morgan fingerprint density at radius 1 is 1.07 bits per heavy atom. The highest BCUT2D eigenvalue weighted by atomic mass is 19.2. The van der Waals surface area contributed by atoms with Crippen molar-refractivity contribution in [1.29, 1.82) is 0 Å². The van der Waals surface area contributed by atoms with E-state index in [0.717, 1.165) is 23.4 Å². The first kappa shape index (κ1) is 18.4. The number of halogens is 2. The van der Waals surface area contributed by atoms with Crippen molar-refractivity contribution in [3.8, 4) is 0 Å². The lowest BCUT2D eigenvalue weighted by Gasteiger charge is -2.51. The third kappa shape index (κ3) is 2.91. The van der Waals surface area contributed by atoms with E-state index in [1.807, 2.05) is 32.2 Å². The van der Waals surface area contributed by atoms with E-state index in [2.05, 4.69) is 10.2 Å². The summed E-state index contributed by atoms with van der Waals surface area (Å²) in [4.78, 5) is 29.0. The summed E-state index contributed by atoms with van der Waals surface area (Å²) in [6.45, 7) is 2.76. The molecule has 0 atom stereocenters. The molecule has 7 heteroatoms. The molecule has 2 heterocycles. The molecule has 0 aromatic heterocycles. The first-order chi connectivity index (χ1) is 13.3. The molecule has 1 fully saturated rings. The van der Waals surface area contributed by atoms with Gasteiger partial charge in [0.15, 0.2) is 11.6 Å².